The zero-order chi connectivity index (χ0) is 26.2. The number of fused-ring (bicyclic) bond motifs is 3. The summed E-state index contributed by atoms with van der Waals surface area (Å²) in [7, 11) is 0. The summed E-state index contributed by atoms with van der Waals surface area (Å²) >= 11 is 6.06. The second-order valence-electron chi connectivity index (χ2n) is 9.60. The molecule has 0 spiro atoms. The first-order chi connectivity index (χ1) is 18.5. The topological polar surface area (TPSA) is 60.4 Å². The number of carbonyl (C=O) groups excluding carboxylic acids is 3. The highest BCUT2D eigenvalue weighted by Gasteiger charge is 2.53. The van der Waals surface area contributed by atoms with Crippen LogP contribution in [0, 0.1) is 11.8 Å². The number of ether oxygens (including phenoxy) is 1. The summed E-state index contributed by atoms with van der Waals surface area (Å²) in [4.78, 5) is 41.8. The van der Waals surface area contributed by atoms with Crippen molar-refractivity contribution in [2.24, 2.45) is 11.8 Å². The Hall–Kier alpha value is -4.28. The number of allylic oxidation sites excluding steroid dienone is 1. The molecule has 3 atom stereocenters. The van der Waals surface area contributed by atoms with Crippen molar-refractivity contribution in [1.29, 1.82) is 0 Å². The van der Waals surface area contributed by atoms with Crippen molar-refractivity contribution in [3.63, 3.8) is 0 Å². The standard InChI is InChI=1S/C33H23ClO4/c34-23-17-15-20(16-18-23)27-19-26-24-13-7-8-14-25(24)28(29(26)33(37)38-27)30(31(35)21-9-3-1-4-10-21)32(36)22-11-5-2-6-12-22/h1-19,26,28-30H/t26-,28-,29-/m0/s1. The first-order valence-corrected chi connectivity index (χ1v) is 12.9. The molecular formula is C33H23ClO4. The van der Waals surface area contributed by atoms with Crippen LogP contribution in [0.3, 0.4) is 0 Å². The monoisotopic (exact) mass is 518 g/mol. The van der Waals surface area contributed by atoms with Crippen LogP contribution in [0.25, 0.3) is 5.76 Å². The van der Waals surface area contributed by atoms with Crippen molar-refractivity contribution in [2.75, 3.05) is 0 Å². The van der Waals surface area contributed by atoms with Gasteiger partial charge in [0.2, 0.25) is 0 Å². The lowest BCUT2D eigenvalue weighted by molar-refractivity contribution is -0.143. The zero-order valence-electron chi connectivity index (χ0n) is 20.3. The van der Waals surface area contributed by atoms with Gasteiger partial charge in [-0.05, 0) is 41.5 Å². The Bertz CT molecular complexity index is 1510. The van der Waals surface area contributed by atoms with Gasteiger partial charge in [0.1, 0.15) is 5.76 Å². The van der Waals surface area contributed by atoms with E-state index >= 15 is 0 Å². The average Bonchev–Trinajstić information content (AvgIpc) is 3.29. The van der Waals surface area contributed by atoms with Gasteiger partial charge in [-0.2, -0.15) is 0 Å². The second-order valence-corrected chi connectivity index (χ2v) is 10.0. The molecule has 0 saturated carbocycles. The van der Waals surface area contributed by atoms with Gasteiger partial charge in [-0.15, -0.1) is 0 Å². The smallest absolute Gasteiger partial charge is 0.315 e. The predicted octanol–water partition coefficient (Wildman–Crippen LogP) is 7.12. The number of esters is 1. The number of hydrogen-bond acceptors (Lipinski definition) is 4. The Morgan fingerprint density at radius 1 is 0.684 bits per heavy atom. The van der Waals surface area contributed by atoms with Gasteiger partial charge in [-0.25, -0.2) is 0 Å². The maximum absolute atomic E-state index is 14.1. The minimum absolute atomic E-state index is 0.305. The third-order valence-corrected chi connectivity index (χ3v) is 7.72. The minimum atomic E-state index is -1.09. The third-order valence-electron chi connectivity index (χ3n) is 7.47. The van der Waals surface area contributed by atoms with Crippen LogP contribution in [0.1, 0.15) is 49.2 Å². The van der Waals surface area contributed by atoms with Crippen LogP contribution >= 0.6 is 11.6 Å². The first-order valence-electron chi connectivity index (χ1n) is 12.5. The van der Waals surface area contributed by atoms with Crippen molar-refractivity contribution in [1.82, 2.24) is 0 Å². The van der Waals surface area contributed by atoms with Crippen LogP contribution in [0.15, 0.2) is 115 Å². The van der Waals surface area contributed by atoms with Crippen LogP contribution < -0.4 is 0 Å². The number of ketones is 2. The second kappa shape index (κ2) is 9.88. The number of carbonyl (C=O) groups is 3. The van der Waals surface area contributed by atoms with Crippen LogP contribution in [0.4, 0.5) is 0 Å². The number of rotatable bonds is 6. The largest absolute Gasteiger partial charge is 0.426 e. The van der Waals surface area contributed by atoms with E-state index in [2.05, 4.69) is 0 Å². The molecule has 38 heavy (non-hydrogen) atoms. The molecule has 0 radical (unpaired) electrons. The molecule has 6 rings (SSSR count). The molecule has 2 aliphatic rings. The summed E-state index contributed by atoms with van der Waals surface area (Å²) < 4.78 is 5.87. The number of benzene rings is 4. The maximum Gasteiger partial charge on any atom is 0.315 e. The summed E-state index contributed by atoms with van der Waals surface area (Å²) in [6.45, 7) is 0. The molecule has 0 bridgehead atoms. The zero-order valence-corrected chi connectivity index (χ0v) is 21.0. The van der Waals surface area contributed by atoms with E-state index in [9.17, 15) is 14.4 Å². The Morgan fingerprint density at radius 3 is 1.79 bits per heavy atom. The van der Waals surface area contributed by atoms with Gasteiger partial charge in [0, 0.05) is 33.5 Å². The SMILES string of the molecule is O=C(c1ccccc1)C(C(=O)c1ccccc1)[C@H]1c2ccccc2[C@@H]2C=C(c3ccc(Cl)cc3)OC(=O)[C@H]12. The van der Waals surface area contributed by atoms with Gasteiger partial charge in [-0.1, -0.05) is 96.5 Å². The van der Waals surface area contributed by atoms with E-state index in [1.165, 1.54) is 0 Å². The summed E-state index contributed by atoms with van der Waals surface area (Å²) in [6, 6.07) is 32.4. The van der Waals surface area contributed by atoms with E-state index in [-0.39, 0.29) is 17.5 Å². The van der Waals surface area contributed by atoms with Crippen LogP contribution in [-0.2, 0) is 9.53 Å². The molecule has 0 unspecified atom stereocenters. The van der Waals surface area contributed by atoms with Gasteiger partial charge < -0.3 is 4.74 Å². The fourth-order valence-electron chi connectivity index (χ4n) is 5.75. The van der Waals surface area contributed by atoms with Gasteiger partial charge in [-0.3, -0.25) is 14.4 Å². The fourth-order valence-corrected chi connectivity index (χ4v) is 5.88. The van der Waals surface area contributed by atoms with Gasteiger partial charge in [0.05, 0.1) is 11.8 Å². The number of halogens is 1. The van der Waals surface area contributed by atoms with E-state index in [1.54, 1.807) is 72.8 Å². The third kappa shape index (κ3) is 4.17. The van der Waals surface area contributed by atoms with Gasteiger partial charge in [0.25, 0.3) is 0 Å². The van der Waals surface area contributed by atoms with E-state index in [0.717, 1.165) is 16.7 Å². The Kier molecular flexibility index (Phi) is 6.26. The molecule has 0 amide bonds. The van der Waals surface area contributed by atoms with Crippen molar-refractivity contribution in [3.8, 4) is 0 Å². The van der Waals surface area contributed by atoms with Gasteiger partial charge >= 0.3 is 5.97 Å². The Morgan fingerprint density at radius 2 is 1.21 bits per heavy atom. The molecule has 0 N–H and O–H groups in total. The molecule has 5 heteroatoms. The molecule has 0 aromatic heterocycles. The molecule has 1 heterocycles. The predicted molar refractivity (Wildman–Crippen MR) is 146 cm³/mol. The number of hydrogen-bond donors (Lipinski definition) is 0. The minimum Gasteiger partial charge on any atom is -0.426 e. The lowest BCUT2D eigenvalue weighted by Crippen LogP contribution is -2.37. The Balaban J connectivity index is 1.50. The van der Waals surface area contributed by atoms with Crippen LogP contribution in [0.5, 0.6) is 0 Å². The molecular weight excluding hydrogens is 496 g/mol. The summed E-state index contributed by atoms with van der Waals surface area (Å²) in [5.41, 5.74) is 3.36. The quantitative estimate of drug-likeness (QED) is 0.155. The van der Waals surface area contributed by atoms with Crippen molar-refractivity contribution >= 4 is 34.9 Å². The van der Waals surface area contributed by atoms with Crippen molar-refractivity contribution in [3.05, 3.63) is 148 Å². The summed E-state index contributed by atoms with van der Waals surface area (Å²) in [5.74, 6) is -3.42. The molecule has 0 saturated heterocycles. The fraction of sp³-hybridized carbons (Fsp3) is 0.121. The maximum atomic E-state index is 14.1. The lowest BCUT2D eigenvalue weighted by Gasteiger charge is -2.31. The molecule has 0 fully saturated rings. The number of cyclic esters (lactones) is 1. The molecule has 4 aromatic rings. The lowest BCUT2D eigenvalue weighted by atomic mass is 9.72. The van der Waals surface area contributed by atoms with Crippen LogP contribution in [-0.4, -0.2) is 17.5 Å². The molecule has 4 aromatic carbocycles. The molecule has 1 aliphatic carbocycles. The van der Waals surface area contributed by atoms with E-state index in [4.69, 9.17) is 16.3 Å². The van der Waals surface area contributed by atoms with Crippen LogP contribution in [0.2, 0.25) is 5.02 Å². The van der Waals surface area contributed by atoms with E-state index < -0.39 is 23.7 Å². The van der Waals surface area contributed by atoms with E-state index in [1.807, 2.05) is 42.5 Å². The highest BCUT2D eigenvalue weighted by molar-refractivity contribution is 6.30. The number of Topliss-reactive ketones (excluding diaryl/α,β-unsaturated/α-hetero) is 2. The molecule has 1 aliphatic heterocycles. The molecule has 186 valence electrons. The summed E-state index contributed by atoms with van der Waals surface area (Å²) in [6.07, 6.45) is 1.94. The average molecular weight is 519 g/mol. The highest BCUT2D eigenvalue weighted by Crippen LogP contribution is 2.55. The van der Waals surface area contributed by atoms with Crippen molar-refractivity contribution < 1.29 is 19.1 Å². The first kappa shape index (κ1) is 24.1. The van der Waals surface area contributed by atoms with Crippen molar-refractivity contribution in [2.45, 2.75) is 11.8 Å². The summed E-state index contributed by atoms with van der Waals surface area (Å²) in [5, 5.41) is 0.585. The normalized spacial score (nSPS) is 19.8. The highest BCUT2D eigenvalue weighted by atomic mass is 35.5. The van der Waals surface area contributed by atoms with Gasteiger partial charge in [0.15, 0.2) is 11.6 Å². The van der Waals surface area contributed by atoms with E-state index in [0.29, 0.717) is 21.9 Å². The molecule has 4 nitrogen and oxygen atoms in total. The Labute approximate surface area is 225 Å².